The number of hydrogen-bond acceptors (Lipinski definition) is 5. The number of rotatable bonds is 3. The molecule has 6 heteroatoms. The average Bonchev–Trinajstić information content (AvgIpc) is 3.30. The lowest BCUT2D eigenvalue weighted by Gasteiger charge is -2.10. The van der Waals surface area contributed by atoms with Crippen LogP contribution in [-0.2, 0) is 19.4 Å². The summed E-state index contributed by atoms with van der Waals surface area (Å²) in [7, 11) is 0. The van der Waals surface area contributed by atoms with Crippen LogP contribution in [0.15, 0.2) is 45.3 Å². The van der Waals surface area contributed by atoms with Gasteiger partial charge < -0.3 is 4.52 Å². The van der Waals surface area contributed by atoms with E-state index < -0.39 is 0 Å². The summed E-state index contributed by atoms with van der Waals surface area (Å²) in [6, 6.07) is 8.24. The summed E-state index contributed by atoms with van der Waals surface area (Å²) in [5.41, 5.74) is 5.21. The fourth-order valence-corrected chi connectivity index (χ4v) is 4.67. The second-order valence-corrected chi connectivity index (χ2v) is 7.97. The number of aromatic nitrogens is 3. The number of aryl methyl sites for hydroxylation is 2. The van der Waals surface area contributed by atoms with Crippen LogP contribution in [0.3, 0.4) is 0 Å². The highest BCUT2D eigenvalue weighted by Gasteiger charge is 2.20. The Balaban J connectivity index is 1.59. The molecular formula is C21H19N3O2S. The third-order valence-corrected chi connectivity index (χ3v) is 6.16. The minimum Gasteiger partial charge on any atom is -0.361 e. The van der Waals surface area contributed by atoms with Gasteiger partial charge in [0.25, 0.3) is 5.56 Å². The lowest BCUT2D eigenvalue weighted by Crippen LogP contribution is -2.21. The summed E-state index contributed by atoms with van der Waals surface area (Å²) in [5.74, 6) is 0.981. The lowest BCUT2D eigenvalue weighted by atomic mass is 9.96. The Hall–Kier alpha value is -2.73. The molecule has 0 N–H and O–H groups in total. The maximum Gasteiger partial charge on any atom is 0.263 e. The highest BCUT2D eigenvalue weighted by molar-refractivity contribution is 7.17. The molecule has 0 spiro atoms. The normalized spacial score (nSPS) is 13.8. The molecule has 27 heavy (non-hydrogen) atoms. The molecule has 5 nitrogen and oxygen atoms in total. The summed E-state index contributed by atoms with van der Waals surface area (Å²) in [6.45, 7) is 2.46. The lowest BCUT2D eigenvalue weighted by molar-refractivity contribution is 0.367. The van der Waals surface area contributed by atoms with Crippen molar-refractivity contribution >= 4 is 21.6 Å². The molecule has 0 saturated heterocycles. The Morgan fingerprint density at radius 1 is 1.19 bits per heavy atom. The molecule has 0 amide bonds. The second kappa shape index (κ2) is 6.46. The van der Waals surface area contributed by atoms with E-state index in [0.717, 1.165) is 53.1 Å². The topological polar surface area (TPSA) is 60.9 Å². The molecule has 0 radical (unpaired) electrons. The van der Waals surface area contributed by atoms with E-state index in [1.165, 1.54) is 22.5 Å². The van der Waals surface area contributed by atoms with Gasteiger partial charge in [0, 0.05) is 22.9 Å². The first kappa shape index (κ1) is 16.4. The van der Waals surface area contributed by atoms with Gasteiger partial charge in [-0.1, -0.05) is 35.0 Å². The van der Waals surface area contributed by atoms with Gasteiger partial charge in [0.15, 0.2) is 0 Å². The first-order chi connectivity index (χ1) is 13.2. The van der Waals surface area contributed by atoms with E-state index in [9.17, 15) is 4.79 Å². The van der Waals surface area contributed by atoms with Crippen molar-refractivity contribution in [2.75, 3.05) is 0 Å². The summed E-state index contributed by atoms with van der Waals surface area (Å²) >= 11 is 1.51. The van der Waals surface area contributed by atoms with E-state index in [-0.39, 0.29) is 5.56 Å². The summed E-state index contributed by atoms with van der Waals surface area (Å²) in [6.07, 6.45) is 5.84. The van der Waals surface area contributed by atoms with Crippen LogP contribution in [0.5, 0.6) is 0 Å². The summed E-state index contributed by atoms with van der Waals surface area (Å²) in [4.78, 5) is 18.5. The Bertz CT molecular complexity index is 1180. The third-order valence-electron chi connectivity index (χ3n) is 5.27. The van der Waals surface area contributed by atoms with E-state index in [1.807, 2.05) is 5.38 Å². The fourth-order valence-electron chi connectivity index (χ4n) is 3.76. The Morgan fingerprint density at radius 2 is 2.00 bits per heavy atom. The van der Waals surface area contributed by atoms with Crippen molar-refractivity contribution in [1.82, 2.24) is 14.7 Å². The smallest absolute Gasteiger partial charge is 0.263 e. The molecule has 0 saturated carbocycles. The summed E-state index contributed by atoms with van der Waals surface area (Å²) < 4.78 is 7.14. The van der Waals surface area contributed by atoms with Crippen molar-refractivity contribution < 1.29 is 4.52 Å². The monoisotopic (exact) mass is 377 g/mol. The van der Waals surface area contributed by atoms with Crippen LogP contribution in [0.2, 0.25) is 0 Å². The van der Waals surface area contributed by atoms with Crippen LogP contribution in [0.1, 0.15) is 35.4 Å². The Morgan fingerprint density at radius 3 is 2.85 bits per heavy atom. The molecule has 3 heterocycles. The SMILES string of the molecule is Cc1ccc(-c2csc3ncn(Cc4noc5c4CCCC5)c(=O)c23)cc1. The Kier molecular flexibility index (Phi) is 3.93. The maximum absolute atomic E-state index is 13.2. The molecular weight excluding hydrogens is 358 g/mol. The molecule has 0 atom stereocenters. The molecule has 0 aliphatic heterocycles. The van der Waals surface area contributed by atoms with E-state index in [0.29, 0.717) is 11.9 Å². The molecule has 1 aliphatic rings. The van der Waals surface area contributed by atoms with Crippen LogP contribution in [-0.4, -0.2) is 14.7 Å². The number of hydrogen-bond donors (Lipinski definition) is 0. The predicted octanol–water partition coefficient (Wildman–Crippen LogP) is 4.35. The quantitative estimate of drug-likeness (QED) is 0.533. The van der Waals surface area contributed by atoms with Gasteiger partial charge in [-0.2, -0.15) is 0 Å². The van der Waals surface area contributed by atoms with Gasteiger partial charge in [-0.05, 0) is 31.7 Å². The van der Waals surface area contributed by atoms with Gasteiger partial charge in [0.05, 0.1) is 18.3 Å². The van der Waals surface area contributed by atoms with Crippen LogP contribution in [0, 0.1) is 6.92 Å². The van der Waals surface area contributed by atoms with Gasteiger partial charge in [0.1, 0.15) is 16.3 Å². The number of thiophene rings is 1. The van der Waals surface area contributed by atoms with Crippen LogP contribution < -0.4 is 5.56 Å². The Labute approximate surface area is 160 Å². The standard InChI is InChI=1S/C21H19N3O2S/c1-13-6-8-14(9-7-13)16-11-27-20-19(16)21(25)24(12-22-20)10-17-15-4-2-3-5-18(15)26-23-17/h6-9,11-12H,2-5,10H2,1H3. The molecule has 4 aromatic rings. The highest BCUT2D eigenvalue weighted by Crippen LogP contribution is 2.31. The molecule has 1 aliphatic carbocycles. The number of benzene rings is 1. The largest absolute Gasteiger partial charge is 0.361 e. The minimum absolute atomic E-state index is 0.0237. The van der Waals surface area contributed by atoms with Crippen molar-refractivity contribution in [2.45, 2.75) is 39.2 Å². The molecule has 1 aromatic carbocycles. The molecule has 3 aromatic heterocycles. The third kappa shape index (κ3) is 2.80. The van der Waals surface area contributed by atoms with E-state index in [2.05, 4.69) is 41.3 Å². The number of fused-ring (bicyclic) bond motifs is 2. The minimum atomic E-state index is -0.0237. The molecule has 5 rings (SSSR count). The fraction of sp³-hybridized carbons (Fsp3) is 0.286. The van der Waals surface area contributed by atoms with Crippen molar-refractivity contribution in [3.63, 3.8) is 0 Å². The van der Waals surface area contributed by atoms with Crippen LogP contribution in [0.4, 0.5) is 0 Å². The number of nitrogens with zero attached hydrogens (tertiary/aromatic N) is 3. The van der Waals surface area contributed by atoms with E-state index >= 15 is 0 Å². The molecule has 0 fully saturated rings. The van der Waals surface area contributed by atoms with Crippen molar-refractivity contribution in [3.05, 3.63) is 68.9 Å². The van der Waals surface area contributed by atoms with Crippen molar-refractivity contribution in [3.8, 4) is 11.1 Å². The molecule has 0 bridgehead atoms. The predicted molar refractivity (Wildman–Crippen MR) is 106 cm³/mol. The first-order valence-electron chi connectivity index (χ1n) is 9.20. The second-order valence-electron chi connectivity index (χ2n) is 7.11. The molecule has 0 unspecified atom stereocenters. The zero-order valence-electron chi connectivity index (χ0n) is 15.1. The van der Waals surface area contributed by atoms with Gasteiger partial charge >= 0.3 is 0 Å². The van der Waals surface area contributed by atoms with E-state index in [4.69, 9.17) is 4.52 Å². The van der Waals surface area contributed by atoms with Gasteiger partial charge in [0.2, 0.25) is 0 Å². The summed E-state index contributed by atoms with van der Waals surface area (Å²) in [5, 5.41) is 6.94. The van der Waals surface area contributed by atoms with Gasteiger partial charge in [-0.15, -0.1) is 11.3 Å². The van der Waals surface area contributed by atoms with Gasteiger partial charge in [-0.25, -0.2) is 4.98 Å². The first-order valence-corrected chi connectivity index (χ1v) is 10.1. The zero-order chi connectivity index (χ0) is 18.4. The highest BCUT2D eigenvalue weighted by atomic mass is 32.1. The average molecular weight is 377 g/mol. The van der Waals surface area contributed by atoms with Gasteiger partial charge in [-0.3, -0.25) is 9.36 Å². The van der Waals surface area contributed by atoms with Crippen LogP contribution in [0.25, 0.3) is 21.3 Å². The maximum atomic E-state index is 13.2. The van der Waals surface area contributed by atoms with Crippen molar-refractivity contribution in [1.29, 1.82) is 0 Å². The zero-order valence-corrected chi connectivity index (χ0v) is 15.9. The van der Waals surface area contributed by atoms with Crippen molar-refractivity contribution in [2.24, 2.45) is 0 Å². The van der Waals surface area contributed by atoms with Crippen LogP contribution >= 0.6 is 11.3 Å². The molecule has 136 valence electrons. The van der Waals surface area contributed by atoms with E-state index in [1.54, 1.807) is 10.9 Å².